The standard InChI is InChI=1S/C13H10ClN3/c1-16-13(14)17-12(15)11-7-6-9-4-2-3-5-10(9)8-11/h2-8,15H,1H2/b15-12?,17-13-. The van der Waals surface area contributed by atoms with Gasteiger partial charge in [-0.3, -0.25) is 5.41 Å². The lowest BCUT2D eigenvalue weighted by Gasteiger charge is -2.01. The molecule has 17 heavy (non-hydrogen) atoms. The minimum Gasteiger partial charge on any atom is -0.282 e. The first-order valence-electron chi connectivity index (χ1n) is 4.99. The molecule has 0 spiro atoms. The Hall–Kier alpha value is -2.00. The van der Waals surface area contributed by atoms with Gasteiger partial charge in [0.25, 0.3) is 0 Å². The summed E-state index contributed by atoms with van der Waals surface area (Å²) in [7, 11) is 0. The molecule has 0 fully saturated rings. The van der Waals surface area contributed by atoms with E-state index in [1.165, 1.54) is 0 Å². The van der Waals surface area contributed by atoms with Crippen LogP contribution in [0.15, 0.2) is 52.4 Å². The van der Waals surface area contributed by atoms with Gasteiger partial charge in [0.05, 0.1) is 0 Å². The lowest BCUT2D eigenvalue weighted by Crippen LogP contribution is -1.97. The van der Waals surface area contributed by atoms with Crippen LogP contribution < -0.4 is 0 Å². The molecule has 0 unspecified atom stereocenters. The van der Waals surface area contributed by atoms with Crippen LogP contribution in [0.5, 0.6) is 0 Å². The van der Waals surface area contributed by atoms with Crippen molar-refractivity contribution in [2.24, 2.45) is 9.98 Å². The van der Waals surface area contributed by atoms with Crippen LogP contribution >= 0.6 is 11.6 Å². The van der Waals surface area contributed by atoms with Crippen LogP contribution in [0.1, 0.15) is 5.56 Å². The average Bonchev–Trinajstić information content (AvgIpc) is 2.38. The number of halogens is 1. The van der Waals surface area contributed by atoms with Gasteiger partial charge < -0.3 is 0 Å². The SMILES string of the molecule is C=N/C(Cl)=N\C(=N)c1ccc2ccccc2c1. The number of nitrogens with one attached hydrogen (secondary N) is 1. The number of aliphatic imine (C=N–C) groups is 2. The van der Waals surface area contributed by atoms with Gasteiger partial charge in [-0.2, -0.15) is 4.99 Å². The zero-order valence-corrected chi connectivity index (χ0v) is 9.78. The molecule has 3 nitrogen and oxygen atoms in total. The number of rotatable bonds is 1. The van der Waals surface area contributed by atoms with E-state index in [0.29, 0.717) is 5.56 Å². The van der Waals surface area contributed by atoms with E-state index in [0.717, 1.165) is 10.8 Å². The van der Waals surface area contributed by atoms with Crippen LogP contribution in [0.2, 0.25) is 0 Å². The molecule has 0 saturated heterocycles. The highest BCUT2D eigenvalue weighted by molar-refractivity contribution is 6.66. The minimum absolute atomic E-state index is 0.0249. The van der Waals surface area contributed by atoms with Crippen LogP contribution in [0.25, 0.3) is 10.8 Å². The monoisotopic (exact) mass is 243 g/mol. The second kappa shape index (κ2) is 4.89. The molecular formula is C13H10ClN3. The smallest absolute Gasteiger partial charge is 0.223 e. The van der Waals surface area contributed by atoms with E-state index in [1.807, 2.05) is 42.5 Å². The van der Waals surface area contributed by atoms with Crippen LogP contribution in [-0.4, -0.2) is 17.8 Å². The molecule has 1 N–H and O–H groups in total. The lowest BCUT2D eigenvalue weighted by molar-refractivity contribution is 1.42. The van der Waals surface area contributed by atoms with E-state index in [4.69, 9.17) is 17.0 Å². The van der Waals surface area contributed by atoms with Crippen LogP contribution in [0, 0.1) is 5.41 Å². The van der Waals surface area contributed by atoms with Crippen LogP contribution in [-0.2, 0) is 0 Å². The second-order valence-corrected chi connectivity index (χ2v) is 3.79. The first kappa shape index (κ1) is 11.5. The maximum Gasteiger partial charge on any atom is 0.223 e. The summed E-state index contributed by atoms with van der Waals surface area (Å²) in [5, 5.41) is 9.94. The van der Waals surface area contributed by atoms with Crippen molar-refractivity contribution in [1.29, 1.82) is 5.41 Å². The first-order chi connectivity index (χ1) is 8.20. The van der Waals surface area contributed by atoms with Gasteiger partial charge in [-0.15, -0.1) is 0 Å². The van der Waals surface area contributed by atoms with Crippen molar-refractivity contribution >= 4 is 40.2 Å². The van der Waals surface area contributed by atoms with E-state index >= 15 is 0 Å². The Morgan fingerprint density at radius 1 is 1.12 bits per heavy atom. The molecule has 0 amide bonds. The predicted octanol–water partition coefficient (Wildman–Crippen LogP) is 3.46. The molecule has 0 heterocycles. The van der Waals surface area contributed by atoms with Crippen molar-refractivity contribution in [2.45, 2.75) is 0 Å². The highest BCUT2D eigenvalue weighted by Gasteiger charge is 2.02. The van der Waals surface area contributed by atoms with E-state index in [9.17, 15) is 0 Å². The highest BCUT2D eigenvalue weighted by Crippen LogP contribution is 2.16. The number of hydrogen-bond acceptors (Lipinski definition) is 1. The Morgan fingerprint density at radius 3 is 2.53 bits per heavy atom. The third-order valence-corrected chi connectivity index (χ3v) is 2.56. The largest absolute Gasteiger partial charge is 0.282 e. The molecule has 4 heteroatoms. The van der Waals surface area contributed by atoms with E-state index in [-0.39, 0.29) is 11.1 Å². The molecule has 0 aliphatic heterocycles. The summed E-state index contributed by atoms with van der Waals surface area (Å²) in [6, 6.07) is 13.6. The molecular weight excluding hydrogens is 234 g/mol. The Morgan fingerprint density at radius 2 is 1.82 bits per heavy atom. The molecule has 84 valence electrons. The molecule has 0 aliphatic carbocycles. The zero-order chi connectivity index (χ0) is 12.3. The van der Waals surface area contributed by atoms with Crippen LogP contribution in [0.4, 0.5) is 0 Å². The van der Waals surface area contributed by atoms with E-state index in [2.05, 4.69) is 16.7 Å². The fourth-order valence-corrected chi connectivity index (χ4v) is 1.61. The molecule has 0 bridgehead atoms. The van der Waals surface area contributed by atoms with Gasteiger partial charge in [0.15, 0.2) is 5.84 Å². The summed E-state index contributed by atoms with van der Waals surface area (Å²) >= 11 is 5.61. The summed E-state index contributed by atoms with van der Waals surface area (Å²) in [6.07, 6.45) is 0. The van der Waals surface area contributed by atoms with Crippen molar-refractivity contribution < 1.29 is 0 Å². The Kier molecular flexibility index (Phi) is 3.30. The first-order valence-corrected chi connectivity index (χ1v) is 5.37. The maximum absolute atomic E-state index is 7.78. The van der Waals surface area contributed by atoms with Gasteiger partial charge in [0, 0.05) is 5.56 Å². The van der Waals surface area contributed by atoms with Crippen molar-refractivity contribution in [1.82, 2.24) is 0 Å². The number of fused-ring (bicyclic) bond motifs is 1. The Balaban J connectivity index is 2.43. The summed E-state index contributed by atoms with van der Waals surface area (Å²) in [4.78, 5) is 7.25. The number of amidine groups is 2. The quantitative estimate of drug-likeness (QED) is 0.453. The molecule has 0 aromatic heterocycles. The van der Waals surface area contributed by atoms with Gasteiger partial charge in [-0.05, 0) is 35.2 Å². The number of nitrogens with zero attached hydrogens (tertiary/aromatic N) is 2. The topological polar surface area (TPSA) is 48.6 Å². The van der Waals surface area contributed by atoms with Gasteiger partial charge in [0.1, 0.15) is 0 Å². The molecule has 2 aromatic rings. The maximum atomic E-state index is 7.78. The zero-order valence-electron chi connectivity index (χ0n) is 9.02. The molecule has 0 radical (unpaired) electrons. The molecule has 2 aromatic carbocycles. The molecule has 0 aliphatic rings. The van der Waals surface area contributed by atoms with Crippen LogP contribution in [0.3, 0.4) is 0 Å². The van der Waals surface area contributed by atoms with Crippen molar-refractivity contribution in [2.75, 3.05) is 0 Å². The normalized spacial score (nSPS) is 11.5. The number of benzene rings is 2. The van der Waals surface area contributed by atoms with Gasteiger partial charge in [-0.25, -0.2) is 4.99 Å². The second-order valence-electron chi connectivity index (χ2n) is 3.45. The van der Waals surface area contributed by atoms with Crippen molar-refractivity contribution in [3.63, 3.8) is 0 Å². The fraction of sp³-hybridized carbons (Fsp3) is 0. The summed E-state index contributed by atoms with van der Waals surface area (Å²) < 4.78 is 0. The average molecular weight is 244 g/mol. The predicted molar refractivity (Wildman–Crippen MR) is 73.6 cm³/mol. The third kappa shape index (κ3) is 2.57. The number of hydrogen-bond donors (Lipinski definition) is 1. The Labute approximate surface area is 104 Å². The van der Waals surface area contributed by atoms with E-state index in [1.54, 1.807) is 0 Å². The third-order valence-electron chi connectivity index (χ3n) is 2.36. The summed E-state index contributed by atoms with van der Waals surface area (Å²) in [5.41, 5.74) is 0.700. The van der Waals surface area contributed by atoms with E-state index < -0.39 is 0 Å². The summed E-state index contributed by atoms with van der Waals surface area (Å²) in [6.45, 7) is 3.25. The molecule has 0 atom stereocenters. The Bertz CT molecular complexity index is 617. The summed E-state index contributed by atoms with van der Waals surface area (Å²) in [5.74, 6) is 0.0770. The highest BCUT2D eigenvalue weighted by atomic mass is 35.5. The lowest BCUT2D eigenvalue weighted by atomic mass is 10.1. The molecule has 0 saturated carbocycles. The van der Waals surface area contributed by atoms with Gasteiger partial charge in [0.2, 0.25) is 5.29 Å². The van der Waals surface area contributed by atoms with Gasteiger partial charge >= 0.3 is 0 Å². The minimum atomic E-state index is -0.0249. The van der Waals surface area contributed by atoms with Gasteiger partial charge in [-0.1, -0.05) is 36.4 Å². The van der Waals surface area contributed by atoms with Crippen molar-refractivity contribution in [3.8, 4) is 0 Å². The molecule has 2 rings (SSSR count). The fourth-order valence-electron chi connectivity index (χ4n) is 1.53. The van der Waals surface area contributed by atoms with Crippen molar-refractivity contribution in [3.05, 3.63) is 48.0 Å².